The summed E-state index contributed by atoms with van der Waals surface area (Å²) in [5.74, 6) is 0.00361. The molecule has 1 saturated heterocycles. The Hall–Kier alpha value is -1.36. The monoisotopic (exact) mass is 251 g/mol. The molecule has 2 heterocycles. The van der Waals surface area contributed by atoms with Crippen molar-refractivity contribution in [2.75, 3.05) is 13.1 Å². The number of nitrogens with zero attached hydrogens (tertiary/aromatic N) is 3. The fraction of sp³-hybridized carbons (Fsp3) is 0.692. The van der Waals surface area contributed by atoms with Crippen molar-refractivity contribution >= 4 is 5.91 Å². The highest BCUT2D eigenvalue weighted by molar-refractivity contribution is 5.96. The zero-order chi connectivity index (χ0) is 13.3. The van der Waals surface area contributed by atoms with E-state index in [1.54, 1.807) is 4.90 Å². The molecule has 0 spiro atoms. The van der Waals surface area contributed by atoms with Gasteiger partial charge < -0.3 is 10.0 Å². The summed E-state index contributed by atoms with van der Waals surface area (Å²) in [7, 11) is 0. The first-order valence-corrected chi connectivity index (χ1v) is 6.56. The lowest BCUT2D eigenvalue weighted by atomic mass is 10.1. The maximum Gasteiger partial charge on any atom is 0.257 e. The molecule has 100 valence electrons. The second-order valence-corrected chi connectivity index (χ2v) is 4.96. The minimum Gasteiger partial charge on any atom is -0.391 e. The Labute approximate surface area is 107 Å². The molecule has 1 aliphatic heterocycles. The third-order valence-electron chi connectivity index (χ3n) is 3.48. The van der Waals surface area contributed by atoms with Crippen molar-refractivity contribution in [3.8, 4) is 0 Å². The Balaban J connectivity index is 2.25. The van der Waals surface area contributed by atoms with Gasteiger partial charge in [0.2, 0.25) is 0 Å². The number of aryl methyl sites for hydroxylation is 2. The number of amides is 1. The van der Waals surface area contributed by atoms with Crippen LogP contribution < -0.4 is 0 Å². The van der Waals surface area contributed by atoms with Crippen LogP contribution in [0.3, 0.4) is 0 Å². The molecule has 0 radical (unpaired) electrons. The van der Waals surface area contributed by atoms with Gasteiger partial charge >= 0.3 is 0 Å². The molecular weight excluding hydrogens is 230 g/mol. The van der Waals surface area contributed by atoms with Crippen molar-refractivity contribution in [3.05, 3.63) is 17.0 Å². The average Bonchev–Trinajstić information content (AvgIpc) is 2.85. The van der Waals surface area contributed by atoms with Crippen LogP contribution in [0, 0.1) is 13.8 Å². The molecule has 1 amide bonds. The van der Waals surface area contributed by atoms with E-state index in [0.29, 0.717) is 25.1 Å². The van der Waals surface area contributed by atoms with E-state index in [-0.39, 0.29) is 12.0 Å². The van der Waals surface area contributed by atoms with E-state index in [2.05, 4.69) is 12.0 Å². The molecule has 1 aromatic rings. The molecule has 1 atom stereocenters. The molecule has 1 aromatic heterocycles. The van der Waals surface area contributed by atoms with E-state index in [4.69, 9.17) is 0 Å². The Morgan fingerprint density at radius 2 is 2.22 bits per heavy atom. The van der Waals surface area contributed by atoms with E-state index in [1.165, 1.54) is 0 Å². The summed E-state index contributed by atoms with van der Waals surface area (Å²) in [6, 6.07) is 0. The highest BCUT2D eigenvalue weighted by atomic mass is 16.3. The largest absolute Gasteiger partial charge is 0.391 e. The second-order valence-electron chi connectivity index (χ2n) is 4.96. The topological polar surface area (TPSA) is 58.4 Å². The van der Waals surface area contributed by atoms with Crippen LogP contribution >= 0.6 is 0 Å². The fourth-order valence-corrected chi connectivity index (χ4v) is 2.52. The molecule has 0 aliphatic carbocycles. The lowest BCUT2D eigenvalue weighted by Gasteiger charge is -2.15. The molecule has 1 aliphatic rings. The molecule has 0 unspecified atom stereocenters. The van der Waals surface area contributed by atoms with Crippen molar-refractivity contribution < 1.29 is 9.90 Å². The van der Waals surface area contributed by atoms with Gasteiger partial charge in [-0.15, -0.1) is 0 Å². The van der Waals surface area contributed by atoms with Gasteiger partial charge in [0.15, 0.2) is 0 Å². The molecule has 18 heavy (non-hydrogen) atoms. The summed E-state index contributed by atoms with van der Waals surface area (Å²) in [6.45, 7) is 7.82. The third kappa shape index (κ3) is 2.27. The van der Waals surface area contributed by atoms with Gasteiger partial charge in [-0.3, -0.25) is 9.48 Å². The van der Waals surface area contributed by atoms with E-state index >= 15 is 0 Å². The van der Waals surface area contributed by atoms with Crippen molar-refractivity contribution in [3.63, 3.8) is 0 Å². The van der Waals surface area contributed by atoms with E-state index in [0.717, 1.165) is 24.4 Å². The highest BCUT2D eigenvalue weighted by Gasteiger charge is 2.29. The van der Waals surface area contributed by atoms with Crippen LogP contribution in [0.4, 0.5) is 0 Å². The van der Waals surface area contributed by atoms with Crippen molar-refractivity contribution in [2.45, 2.75) is 46.3 Å². The summed E-state index contributed by atoms with van der Waals surface area (Å²) in [5, 5.41) is 13.9. The van der Waals surface area contributed by atoms with Gasteiger partial charge in [0.05, 0.1) is 17.4 Å². The predicted octanol–water partition coefficient (Wildman–Crippen LogP) is 1.12. The number of likely N-dealkylation sites (tertiary alicyclic amines) is 1. The number of hydrogen-bond acceptors (Lipinski definition) is 3. The van der Waals surface area contributed by atoms with Crippen molar-refractivity contribution in [1.29, 1.82) is 0 Å². The predicted molar refractivity (Wildman–Crippen MR) is 68.5 cm³/mol. The van der Waals surface area contributed by atoms with Crippen LogP contribution in [0.15, 0.2) is 0 Å². The van der Waals surface area contributed by atoms with E-state index in [9.17, 15) is 9.90 Å². The Morgan fingerprint density at radius 1 is 1.50 bits per heavy atom. The number of aliphatic hydroxyl groups excluding tert-OH is 1. The fourth-order valence-electron chi connectivity index (χ4n) is 2.52. The van der Waals surface area contributed by atoms with Gasteiger partial charge in [0.25, 0.3) is 5.91 Å². The lowest BCUT2D eigenvalue weighted by Crippen LogP contribution is -2.30. The quantitative estimate of drug-likeness (QED) is 0.875. The molecule has 5 nitrogen and oxygen atoms in total. The summed E-state index contributed by atoms with van der Waals surface area (Å²) >= 11 is 0. The number of carbonyl (C=O) groups is 1. The molecule has 1 fully saturated rings. The molecule has 0 aromatic carbocycles. The maximum atomic E-state index is 12.4. The molecule has 2 rings (SSSR count). The van der Waals surface area contributed by atoms with Gasteiger partial charge in [-0.2, -0.15) is 5.10 Å². The minimum absolute atomic E-state index is 0.00361. The van der Waals surface area contributed by atoms with Crippen LogP contribution in [0.5, 0.6) is 0 Å². The first-order valence-electron chi connectivity index (χ1n) is 6.56. The van der Waals surface area contributed by atoms with E-state index < -0.39 is 0 Å². The van der Waals surface area contributed by atoms with Crippen molar-refractivity contribution in [2.24, 2.45) is 0 Å². The Morgan fingerprint density at radius 3 is 2.78 bits per heavy atom. The first-order chi connectivity index (χ1) is 8.54. The van der Waals surface area contributed by atoms with Gasteiger partial charge in [-0.25, -0.2) is 0 Å². The van der Waals surface area contributed by atoms with Crippen LogP contribution in [-0.4, -0.2) is 44.9 Å². The number of carbonyl (C=O) groups excluding carboxylic acids is 1. The van der Waals surface area contributed by atoms with Gasteiger partial charge in [0, 0.05) is 25.3 Å². The van der Waals surface area contributed by atoms with Crippen LogP contribution in [-0.2, 0) is 6.54 Å². The maximum absolute atomic E-state index is 12.4. The standard InChI is InChI=1S/C13H21N3O2/c1-4-6-16-10(3)12(9(2)14-16)13(18)15-7-5-11(17)8-15/h11,17H,4-8H2,1-3H3/t11-/m1/s1. The number of aliphatic hydroxyl groups is 1. The third-order valence-corrected chi connectivity index (χ3v) is 3.48. The van der Waals surface area contributed by atoms with Crippen LogP contribution in [0.2, 0.25) is 0 Å². The Bertz CT molecular complexity index is 453. The number of hydrogen-bond donors (Lipinski definition) is 1. The summed E-state index contributed by atoms with van der Waals surface area (Å²) < 4.78 is 1.90. The zero-order valence-corrected chi connectivity index (χ0v) is 11.3. The average molecular weight is 251 g/mol. The first kappa shape index (κ1) is 13.1. The molecule has 0 saturated carbocycles. The lowest BCUT2D eigenvalue weighted by molar-refractivity contribution is 0.0763. The summed E-state index contributed by atoms with van der Waals surface area (Å²) in [6.07, 6.45) is 1.30. The van der Waals surface area contributed by atoms with Crippen LogP contribution in [0.1, 0.15) is 41.5 Å². The minimum atomic E-state index is -0.375. The molecule has 5 heteroatoms. The van der Waals surface area contributed by atoms with Crippen molar-refractivity contribution in [1.82, 2.24) is 14.7 Å². The van der Waals surface area contributed by atoms with E-state index in [1.807, 2.05) is 18.5 Å². The second kappa shape index (κ2) is 5.10. The molecular formula is C13H21N3O2. The number of β-amino-alcohol motifs (C(OH)–C–C–N with tert-alkyl or cyclic N) is 1. The molecule has 1 N–H and O–H groups in total. The number of rotatable bonds is 3. The van der Waals surface area contributed by atoms with Gasteiger partial charge in [-0.05, 0) is 26.7 Å². The summed E-state index contributed by atoms with van der Waals surface area (Å²) in [4.78, 5) is 14.1. The van der Waals surface area contributed by atoms with Gasteiger partial charge in [-0.1, -0.05) is 6.92 Å². The SMILES string of the molecule is CCCn1nc(C)c(C(=O)N2CC[C@@H](O)C2)c1C. The summed E-state index contributed by atoms with van der Waals surface area (Å²) in [5.41, 5.74) is 2.42. The van der Waals surface area contributed by atoms with Crippen LogP contribution in [0.25, 0.3) is 0 Å². The molecule has 0 bridgehead atoms. The normalized spacial score (nSPS) is 19.6. The smallest absolute Gasteiger partial charge is 0.257 e. The Kier molecular flexibility index (Phi) is 3.71. The van der Waals surface area contributed by atoms with Gasteiger partial charge in [0.1, 0.15) is 0 Å². The zero-order valence-electron chi connectivity index (χ0n) is 11.3. The highest BCUT2D eigenvalue weighted by Crippen LogP contribution is 2.19. The number of aromatic nitrogens is 2.